The van der Waals surface area contributed by atoms with Crippen molar-refractivity contribution in [3.63, 3.8) is 0 Å². The third-order valence-electron chi connectivity index (χ3n) is 1.66. The van der Waals surface area contributed by atoms with Crippen LogP contribution in [-0.2, 0) is 0 Å². The first kappa shape index (κ1) is 16.3. The molecular formula is C5H10Cl6Sn2. The van der Waals surface area contributed by atoms with Crippen molar-refractivity contribution in [3.05, 3.63) is 0 Å². The second-order valence-electron chi connectivity index (χ2n) is 2.95. The molecule has 0 heterocycles. The second kappa shape index (κ2) is 6.92. The maximum atomic E-state index is 5.89. The molecule has 0 aliphatic carbocycles. The fourth-order valence-corrected chi connectivity index (χ4v) is 8.90. The molecule has 0 aromatic rings. The summed E-state index contributed by atoms with van der Waals surface area (Å²) >= 11 is -6.37. The van der Waals surface area contributed by atoms with Gasteiger partial charge in [0.05, 0.1) is 0 Å². The van der Waals surface area contributed by atoms with Crippen LogP contribution in [0.2, 0.25) is 8.37 Å². The Kier molecular flexibility index (Phi) is 8.70. The quantitative estimate of drug-likeness (QED) is 0.423. The molecule has 0 radical (unpaired) electrons. The van der Waals surface area contributed by atoms with Crippen molar-refractivity contribution in [3.8, 4) is 0 Å². The average molecular weight is 520 g/mol. The normalized spacial score (nSPS) is 15.9. The predicted molar refractivity (Wildman–Crippen MR) is 70.1 cm³/mol. The van der Waals surface area contributed by atoms with Crippen LogP contribution in [0.1, 0.15) is 19.8 Å². The third-order valence-corrected chi connectivity index (χ3v) is 19.6. The van der Waals surface area contributed by atoms with Gasteiger partial charge in [-0.05, 0) is 0 Å². The van der Waals surface area contributed by atoms with Gasteiger partial charge in [-0.2, -0.15) is 0 Å². The average Bonchev–Trinajstić information content (AvgIpc) is 1.82. The Morgan fingerprint density at radius 1 is 1.00 bits per heavy atom. The van der Waals surface area contributed by atoms with E-state index in [0.29, 0.717) is 0 Å². The van der Waals surface area contributed by atoms with Gasteiger partial charge in [-0.3, -0.25) is 0 Å². The van der Waals surface area contributed by atoms with Crippen LogP contribution in [0.4, 0.5) is 0 Å². The molecule has 0 amide bonds. The van der Waals surface area contributed by atoms with Crippen molar-refractivity contribution in [1.29, 1.82) is 0 Å². The molecule has 0 saturated heterocycles. The van der Waals surface area contributed by atoms with E-state index in [2.05, 4.69) is 0 Å². The number of rotatable bonds is 5. The van der Waals surface area contributed by atoms with Gasteiger partial charge in [0.1, 0.15) is 0 Å². The Hall–Kier alpha value is 3.34. The molecule has 0 aliphatic rings. The van der Waals surface area contributed by atoms with E-state index in [1.54, 1.807) is 0 Å². The van der Waals surface area contributed by atoms with Crippen molar-refractivity contribution in [2.45, 2.75) is 28.1 Å². The summed E-state index contributed by atoms with van der Waals surface area (Å²) in [5, 5.41) is 0. The topological polar surface area (TPSA) is 0 Å². The number of halogens is 6. The van der Waals surface area contributed by atoms with Crippen LogP contribution in [0.15, 0.2) is 0 Å². The Labute approximate surface area is 110 Å². The first-order valence-electron chi connectivity index (χ1n) is 3.76. The van der Waals surface area contributed by atoms with Crippen LogP contribution in [0, 0.1) is 0 Å². The van der Waals surface area contributed by atoms with Crippen molar-refractivity contribution in [2.75, 3.05) is 0 Å². The summed E-state index contributed by atoms with van der Waals surface area (Å²) in [6.45, 7) is 1.97. The minimum atomic E-state index is -3.23. The molecule has 0 N–H and O–H groups in total. The maximum absolute atomic E-state index is 5.89. The molecule has 1 unspecified atom stereocenters. The van der Waals surface area contributed by atoms with Gasteiger partial charge in [0, 0.05) is 0 Å². The van der Waals surface area contributed by atoms with Crippen LogP contribution in [0.3, 0.4) is 0 Å². The van der Waals surface area contributed by atoms with Gasteiger partial charge in [-0.25, -0.2) is 0 Å². The molecule has 0 aromatic heterocycles. The summed E-state index contributed by atoms with van der Waals surface area (Å²) in [5.74, 6) is 0. The van der Waals surface area contributed by atoms with Crippen LogP contribution < -0.4 is 0 Å². The van der Waals surface area contributed by atoms with E-state index in [9.17, 15) is 0 Å². The van der Waals surface area contributed by atoms with E-state index >= 15 is 0 Å². The standard InChI is InChI=1S/C5H10.6ClH.2Sn/c1-3-5-4-2;;;;;;;;/h4H,1,3,5H2,2H3;6*1H;;/q;;;;;;;2*+3/p-6. The third kappa shape index (κ3) is 10.2. The molecular weight excluding hydrogens is 510 g/mol. The molecule has 0 nitrogen and oxygen atoms in total. The number of hydrogen-bond acceptors (Lipinski definition) is 0. The Bertz CT molecular complexity index is 150. The van der Waals surface area contributed by atoms with Crippen molar-refractivity contribution < 1.29 is 0 Å². The predicted octanol–water partition coefficient (Wildman–Crippen LogP) is 5.47. The first-order valence-corrected chi connectivity index (χ1v) is 29.1. The monoisotopic (exact) mass is 520 g/mol. The molecule has 0 spiro atoms. The molecule has 0 aliphatic heterocycles. The van der Waals surface area contributed by atoms with Crippen molar-refractivity contribution in [1.82, 2.24) is 0 Å². The Morgan fingerprint density at radius 3 is 1.77 bits per heavy atom. The van der Waals surface area contributed by atoms with E-state index in [4.69, 9.17) is 53.5 Å². The zero-order valence-corrected chi connectivity index (χ0v) is 17.2. The molecule has 13 heavy (non-hydrogen) atoms. The zero-order valence-electron chi connectivity index (χ0n) is 6.97. The van der Waals surface area contributed by atoms with E-state index in [0.717, 1.165) is 17.3 Å². The van der Waals surface area contributed by atoms with Gasteiger partial charge in [0.25, 0.3) is 0 Å². The van der Waals surface area contributed by atoms with Crippen molar-refractivity contribution >= 4 is 83.5 Å². The van der Waals surface area contributed by atoms with E-state index < -0.39 is 30.0 Å². The Balaban J connectivity index is 3.67. The molecule has 0 aromatic carbocycles. The Morgan fingerprint density at radius 2 is 1.46 bits per heavy atom. The molecule has 80 valence electrons. The minimum absolute atomic E-state index is 0.206. The SMILES string of the molecule is C[CH](CC[CH2][Sn]([Cl])([Cl])[Cl])[Sn]([Cl])([Cl])[Cl]. The summed E-state index contributed by atoms with van der Waals surface area (Å²) < 4.78 is 0.925. The molecule has 0 bridgehead atoms. The number of hydrogen-bond donors (Lipinski definition) is 0. The van der Waals surface area contributed by atoms with Gasteiger partial charge >= 0.3 is 112 Å². The second-order valence-corrected chi connectivity index (χ2v) is 46.6. The van der Waals surface area contributed by atoms with Crippen LogP contribution >= 0.6 is 53.5 Å². The summed E-state index contributed by atoms with van der Waals surface area (Å²) in [6.07, 6.45) is 1.75. The van der Waals surface area contributed by atoms with E-state index in [1.807, 2.05) is 6.92 Å². The zero-order chi connectivity index (χ0) is 10.7. The van der Waals surface area contributed by atoms with E-state index in [-0.39, 0.29) is 3.93 Å². The molecule has 8 heteroatoms. The fraction of sp³-hybridized carbons (Fsp3) is 1.00. The van der Waals surface area contributed by atoms with E-state index in [1.165, 1.54) is 0 Å². The summed E-state index contributed by atoms with van der Waals surface area (Å²) in [6, 6.07) is 0. The van der Waals surface area contributed by atoms with Gasteiger partial charge < -0.3 is 0 Å². The van der Waals surface area contributed by atoms with Crippen LogP contribution in [0.25, 0.3) is 0 Å². The molecule has 1 atom stereocenters. The molecule has 0 saturated carbocycles. The molecule has 0 rings (SSSR count). The molecule has 0 fully saturated rings. The van der Waals surface area contributed by atoms with Crippen LogP contribution in [0.5, 0.6) is 0 Å². The van der Waals surface area contributed by atoms with Gasteiger partial charge in [-0.1, -0.05) is 0 Å². The summed E-state index contributed by atoms with van der Waals surface area (Å²) in [4.78, 5) is 0. The van der Waals surface area contributed by atoms with Crippen LogP contribution in [-0.4, -0.2) is 30.0 Å². The fourth-order valence-electron chi connectivity index (χ4n) is 0.772. The van der Waals surface area contributed by atoms with Gasteiger partial charge in [-0.15, -0.1) is 0 Å². The summed E-state index contributed by atoms with van der Waals surface area (Å²) in [5.41, 5.74) is 0. The van der Waals surface area contributed by atoms with Crippen molar-refractivity contribution in [2.24, 2.45) is 0 Å². The summed E-state index contributed by atoms with van der Waals surface area (Å²) in [7, 11) is 35.0. The van der Waals surface area contributed by atoms with Gasteiger partial charge in [0.2, 0.25) is 0 Å². The van der Waals surface area contributed by atoms with Gasteiger partial charge in [0.15, 0.2) is 0 Å². The first-order chi connectivity index (χ1) is 5.63.